The Balaban J connectivity index is 1.90. The number of benzene rings is 1. The van der Waals surface area contributed by atoms with Crippen molar-refractivity contribution in [2.75, 3.05) is 0 Å². The molecule has 0 amide bonds. The topological polar surface area (TPSA) is 35.5 Å². The molecule has 0 saturated heterocycles. The maximum atomic E-state index is 11.3. The van der Waals surface area contributed by atoms with Crippen molar-refractivity contribution in [3.05, 3.63) is 35.4 Å². The van der Waals surface area contributed by atoms with Crippen LogP contribution >= 0.6 is 22.6 Å². The van der Waals surface area contributed by atoms with Gasteiger partial charge in [0.25, 0.3) is 0 Å². The van der Waals surface area contributed by atoms with E-state index in [-0.39, 0.29) is 10.2 Å². The summed E-state index contributed by atoms with van der Waals surface area (Å²) in [4.78, 5) is 11.3. The van der Waals surface area contributed by atoms with E-state index in [1.54, 1.807) is 6.92 Å². The van der Waals surface area contributed by atoms with Gasteiger partial charge >= 0.3 is 6.16 Å². The van der Waals surface area contributed by atoms with Crippen molar-refractivity contribution in [2.45, 2.75) is 30.0 Å². The maximum Gasteiger partial charge on any atom is 0.509 e. The quantitative estimate of drug-likeness (QED) is 0.474. The van der Waals surface area contributed by atoms with E-state index in [4.69, 9.17) is 9.47 Å². The molecule has 1 unspecified atom stereocenters. The Hall–Kier alpha value is -0.780. The Kier molecular flexibility index (Phi) is 3.68. The van der Waals surface area contributed by atoms with Crippen LogP contribution in [-0.4, -0.2) is 16.4 Å². The first-order chi connectivity index (χ1) is 7.65. The summed E-state index contributed by atoms with van der Waals surface area (Å²) in [6.07, 6.45) is 0.946. The third-order valence-corrected chi connectivity index (χ3v) is 2.79. The molecule has 0 saturated carbocycles. The Morgan fingerprint density at radius 2 is 1.94 bits per heavy atom. The molecule has 4 heteroatoms. The van der Waals surface area contributed by atoms with E-state index in [2.05, 4.69) is 12.1 Å². The summed E-state index contributed by atoms with van der Waals surface area (Å²) in [7, 11) is 0. The highest BCUT2D eigenvalue weighted by atomic mass is 127. The monoisotopic (exact) mass is 332 g/mol. The number of hydrogen-bond donors (Lipinski definition) is 0. The molecule has 1 aromatic carbocycles. The van der Waals surface area contributed by atoms with Gasteiger partial charge < -0.3 is 9.47 Å². The van der Waals surface area contributed by atoms with Crippen LogP contribution in [0, 0.1) is 0 Å². The fourth-order valence-corrected chi connectivity index (χ4v) is 2.11. The Bertz CT molecular complexity index is 365. The Labute approximate surface area is 108 Å². The lowest BCUT2D eigenvalue weighted by molar-refractivity contribution is 0.0264. The van der Waals surface area contributed by atoms with Crippen molar-refractivity contribution in [1.29, 1.82) is 0 Å². The van der Waals surface area contributed by atoms with Crippen LogP contribution in [0.3, 0.4) is 0 Å². The molecule has 0 aromatic heterocycles. The highest BCUT2D eigenvalue weighted by Gasteiger charge is 2.25. The second-order valence-corrected chi connectivity index (χ2v) is 5.58. The van der Waals surface area contributed by atoms with Crippen LogP contribution in [0.15, 0.2) is 24.3 Å². The zero-order chi connectivity index (χ0) is 11.5. The molecular weight excluding hydrogens is 319 g/mol. The minimum Gasteiger partial charge on any atom is -0.430 e. The number of carbonyl (C=O) groups is 1. The van der Waals surface area contributed by atoms with Crippen LogP contribution in [0.4, 0.5) is 4.79 Å². The summed E-state index contributed by atoms with van der Waals surface area (Å²) in [5, 5.41) is 0. The molecule has 1 aliphatic rings. The van der Waals surface area contributed by atoms with Gasteiger partial charge in [-0.25, -0.2) is 4.79 Å². The molecule has 1 aromatic rings. The highest BCUT2D eigenvalue weighted by molar-refractivity contribution is 14.1. The fourth-order valence-electron chi connectivity index (χ4n) is 1.90. The van der Waals surface area contributed by atoms with Gasteiger partial charge in [0.15, 0.2) is 4.11 Å². The molecule has 2 rings (SSSR count). The van der Waals surface area contributed by atoms with Crippen molar-refractivity contribution in [3.63, 3.8) is 0 Å². The first-order valence-electron chi connectivity index (χ1n) is 5.23. The van der Waals surface area contributed by atoms with Gasteiger partial charge in [0.05, 0.1) is 0 Å². The lowest BCUT2D eigenvalue weighted by atomic mass is 10.1. The molecule has 16 heavy (non-hydrogen) atoms. The normalized spacial score (nSPS) is 16.6. The summed E-state index contributed by atoms with van der Waals surface area (Å²) < 4.78 is 10.0. The van der Waals surface area contributed by atoms with Crippen molar-refractivity contribution in [2.24, 2.45) is 0 Å². The minimum absolute atomic E-state index is 0.0694. The largest absolute Gasteiger partial charge is 0.509 e. The molecule has 86 valence electrons. The highest BCUT2D eigenvalue weighted by Crippen LogP contribution is 2.24. The van der Waals surface area contributed by atoms with Crippen LogP contribution in [-0.2, 0) is 22.3 Å². The molecule has 1 atom stereocenters. The first-order valence-corrected chi connectivity index (χ1v) is 6.48. The molecule has 0 radical (unpaired) electrons. The van der Waals surface area contributed by atoms with E-state index in [9.17, 15) is 4.79 Å². The number of alkyl halides is 1. The molecule has 0 bridgehead atoms. The zero-order valence-electron chi connectivity index (χ0n) is 8.98. The Morgan fingerprint density at radius 3 is 2.44 bits per heavy atom. The number of fused-ring (bicyclic) bond motifs is 1. The third kappa shape index (κ3) is 2.87. The first kappa shape index (κ1) is 11.7. The second-order valence-electron chi connectivity index (χ2n) is 3.83. The van der Waals surface area contributed by atoms with Crippen LogP contribution < -0.4 is 0 Å². The van der Waals surface area contributed by atoms with Crippen molar-refractivity contribution in [3.8, 4) is 0 Å². The molecule has 0 aliphatic heterocycles. The third-order valence-electron chi connectivity index (χ3n) is 2.54. The van der Waals surface area contributed by atoms with Crippen LogP contribution in [0.2, 0.25) is 0 Å². The maximum absolute atomic E-state index is 11.3. The number of hydrogen-bond acceptors (Lipinski definition) is 3. The van der Waals surface area contributed by atoms with Crippen molar-refractivity contribution >= 4 is 28.7 Å². The van der Waals surface area contributed by atoms with Gasteiger partial charge in [0.1, 0.15) is 6.10 Å². The van der Waals surface area contributed by atoms with E-state index in [0.29, 0.717) is 0 Å². The molecule has 3 nitrogen and oxygen atoms in total. The van der Waals surface area contributed by atoms with E-state index in [0.717, 1.165) is 12.8 Å². The predicted octanol–water partition coefficient (Wildman–Crippen LogP) is 3.09. The lowest BCUT2D eigenvalue weighted by Gasteiger charge is -2.12. The standard InChI is InChI=1S/C12H13IO3/c1-8(13)15-12(14)16-11-6-9-4-2-3-5-10(9)7-11/h2-5,8,11H,6-7H2,1H3. The summed E-state index contributed by atoms with van der Waals surface area (Å²) >= 11 is 2.02. The van der Waals surface area contributed by atoms with Gasteiger partial charge in [0, 0.05) is 12.8 Å². The van der Waals surface area contributed by atoms with Gasteiger partial charge in [-0.05, 0) is 40.6 Å². The fraction of sp³-hybridized carbons (Fsp3) is 0.417. The van der Waals surface area contributed by atoms with Crippen LogP contribution in [0.5, 0.6) is 0 Å². The number of carbonyl (C=O) groups excluding carboxylic acids is 1. The predicted molar refractivity (Wildman–Crippen MR) is 68.7 cm³/mol. The molecule has 0 N–H and O–H groups in total. The van der Waals surface area contributed by atoms with E-state index in [1.807, 2.05) is 34.7 Å². The Morgan fingerprint density at radius 1 is 1.38 bits per heavy atom. The summed E-state index contributed by atoms with van der Waals surface area (Å²) in [6.45, 7) is 1.80. The number of rotatable bonds is 2. The smallest absolute Gasteiger partial charge is 0.430 e. The molecule has 0 fully saturated rings. The number of ether oxygens (including phenoxy) is 2. The summed E-state index contributed by atoms with van der Waals surface area (Å²) in [5.41, 5.74) is 2.53. The molecule has 0 spiro atoms. The number of halogens is 1. The average molecular weight is 332 g/mol. The zero-order valence-corrected chi connectivity index (χ0v) is 11.1. The van der Waals surface area contributed by atoms with E-state index < -0.39 is 6.16 Å². The van der Waals surface area contributed by atoms with Gasteiger partial charge in [-0.15, -0.1) is 0 Å². The molecular formula is C12H13IO3. The SMILES string of the molecule is CC(I)OC(=O)OC1Cc2ccccc2C1. The van der Waals surface area contributed by atoms with Crippen LogP contribution in [0.1, 0.15) is 18.1 Å². The minimum atomic E-state index is -0.570. The van der Waals surface area contributed by atoms with Gasteiger partial charge in [0.2, 0.25) is 0 Å². The van der Waals surface area contributed by atoms with Gasteiger partial charge in [-0.3, -0.25) is 0 Å². The molecule has 1 aliphatic carbocycles. The second kappa shape index (κ2) is 5.03. The summed E-state index contributed by atoms with van der Waals surface area (Å²) in [6, 6.07) is 8.16. The van der Waals surface area contributed by atoms with Crippen molar-refractivity contribution in [1.82, 2.24) is 0 Å². The summed E-state index contributed by atoms with van der Waals surface area (Å²) in [5.74, 6) is 0. The van der Waals surface area contributed by atoms with Gasteiger partial charge in [-0.1, -0.05) is 24.3 Å². The van der Waals surface area contributed by atoms with Gasteiger partial charge in [-0.2, -0.15) is 0 Å². The van der Waals surface area contributed by atoms with Crippen molar-refractivity contribution < 1.29 is 14.3 Å². The lowest BCUT2D eigenvalue weighted by Crippen LogP contribution is -2.20. The van der Waals surface area contributed by atoms with E-state index in [1.165, 1.54) is 11.1 Å². The molecule has 0 heterocycles. The average Bonchev–Trinajstić information content (AvgIpc) is 2.57. The van der Waals surface area contributed by atoms with E-state index >= 15 is 0 Å². The van der Waals surface area contributed by atoms with Crippen LogP contribution in [0.25, 0.3) is 0 Å².